The fourth-order valence-corrected chi connectivity index (χ4v) is 2.35. The third-order valence-electron chi connectivity index (χ3n) is 2.89. The molecule has 86 valence electrons. The van der Waals surface area contributed by atoms with Crippen LogP contribution in [0, 0.1) is 17.3 Å². The van der Waals surface area contributed by atoms with Crippen molar-refractivity contribution in [3.63, 3.8) is 0 Å². The Morgan fingerprint density at radius 3 is 1.79 bits per heavy atom. The van der Waals surface area contributed by atoms with Crippen molar-refractivity contribution < 1.29 is 0 Å². The number of hydrogen-bond acceptors (Lipinski definition) is 0. The van der Waals surface area contributed by atoms with Crippen LogP contribution in [0.3, 0.4) is 0 Å². The molecule has 2 unspecified atom stereocenters. The molecule has 0 N–H and O–H groups in total. The van der Waals surface area contributed by atoms with Gasteiger partial charge in [-0.1, -0.05) is 67.2 Å². The van der Waals surface area contributed by atoms with Gasteiger partial charge in [0.15, 0.2) is 0 Å². The van der Waals surface area contributed by atoms with Crippen LogP contribution in [0.4, 0.5) is 0 Å². The van der Waals surface area contributed by atoms with E-state index >= 15 is 0 Å². The minimum atomic E-state index is 0.507. The van der Waals surface area contributed by atoms with Crippen molar-refractivity contribution in [3.05, 3.63) is 0 Å². The topological polar surface area (TPSA) is 0 Å². The molecule has 0 aliphatic carbocycles. The fourth-order valence-electron chi connectivity index (χ4n) is 2.35. The maximum Gasteiger partial charge on any atom is -0.0380 e. The van der Waals surface area contributed by atoms with Gasteiger partial charge in [-0.15, -0.1) is 0 Å². The molecule has 0 nitrogen and oxygen atoms in total. The molecule has 14 heavy (non-hydrogen) atoms. The van der Waals surface area contributed by atoms with Gasteiger partial charge in [-0.05, 0) is 23.7 Å². The summed E-state index contributed by atoms with van der Waals surface area (Å²) in [6, 6.07) is 0. The highest BCUT2D eigenvalue weighted by Gasteiger charge is 2.15. The highest BCUT2D eigenvalue weighted by atomic mass is 14.2. The lowest BCUT2D eigenvalue weighted by Gasteiger charge is -2.24. The lowest BCUT2D eigenvalue weighted by Crippen LogP contribution is -2.11. The van der Waals surface area contributed by atoms with Gasteiger partial charge >= 0.3 is 0 Å². The first-order chi connectivity index (χ1) is 6.35. The lowest BCUT2D eigenvalue weighted by atomic mass is 9.82. The first-order valence-electron chi connectivity index (χ1n) is 6.35. The summed E-state index contributed by atoms with van der Waals surface area (Å²) in [7, 11) is 0. The molecule has 0 heterocycles. The third-order valence-corrected chi connectivity index (χ3v) is 2.89. The van der Waals surface area contributed by atoms with E-state index < -0.39 is 0 Å². The Balaban J connectivity index is 3.58. The Morgan fingerprint density at radius 1 is 0.857 bits per heavy atom. The summed E-state index contributed by atoms with van der Waals surface area (Å²) in [5.41, 5.74) is 0.507. The summed E-state index contributed by atoms with van der Waals surface area (Å²) in [5.74, 6) is 1.83. The van der Waals surface area contributed by atoms with Crippen molar-refractivity contribution in [2.75, 3.05) is 0 Å². The van der Waals surface area contributed by atoms with Gasteiger partial charge in [0.1, 0.15) is 0 Å². The van der Waals surface area contributed by atoms with Crippen molar-refractivity contribution in [2.24, 2.45) is 17.3 Å². The largest absolute Gasteiger partial charge is 0.0654 e. The molecule has 0 bridgehead atoms. The molecule has 0 aromatic rings. The summed E-state index contributed by atoms with van der Waals surface area (Å²) < 4.78 is 0. The lowest BCUT2D eigenvalue weighted by molar-refractivity contribution is 0.281. The smallest absolute Gasteiger partial charge is 0.0380 e. The van der Waals surface area contributed by atoms with Gasteiger partial charge in [-0.25, -0.2) is 0 Å². The molecular formula is C14H30. The average Bonchev–Trinajstić information content (AvgIpc) is 1.98. The van der Waals surface area contributed by atoms with Crippen molar-refractivity contribution in [2.45, 2.75) is 73.6 Å². The second-order valence-corrected chi connectivity index (χ2v) is 6.34. The van der Waals surface area contributed by atoms with Crippen LogP contribution >= 0.6 is 0 Å². The zero-order valence-corrected chi connectivity index (χ0v) is 11.2. The van der Waals surface area contributed by atoms with Crippen molar-refractivity contribution in [3.8, 4) is 0 Å². The molecule has 0 aliphatic heterocycles. The molecule has 0 heteroatoms. The molecule has 0 spiro atoms. The van der Waals surface area contributed by atoms with Crippen LogP contribution < -0.4 is 0 Å². The van der Waals surface area contributed by atoms with Crippen LogP contribution in [0.15, 0.2) is 0 Å². The van der Waals surface area contributed by atoms with E-state index in [4.69, 9.17) is 0 Å². The Morgan fingerprint density at radius 2 is 1.36 bits per heavy atom. The van der Waals surface area contributed by atoms with Crippen LogP contribution in [0.25, 0.3) is 0 Å². The molecule has 0 aromatic heterocycles. The first kappa shape index (κ1) is 14.0. The second-order valence-electron chi connectivity index (χ2n) is 6.34. The van der Waals surface area contributed by atoms with Crippen molar-refractivity contribution in [1.82, 2.24) is 0 Å². The maximum atomic E-state index is 2.41. The van der Waals surface area contributed by atoms with E-state index in [0.717, 1.165) is 11.8 Å². The molecular weight excluding hydrogens is 168 g/mol. The van der Waals surface area contributed by atoms with Crippen LogP contribution in [0.2, 0.25) is 0 Å². The van der Waals surface area contributed by atoms with Gasteiger partial charge < -0.3 is 0 Å². The molecule has 0 saturated heterocycles. The Kier molecular flexibility index (Phi) is 6.48. The van der Waals surface area contributed by atoms with Crippen LogP contribution in [0.1, 0.15) is 73.6 Å². The predicted molar refractivity (Wildman–Crippen MR) is 66.5 cm³/mol. The summed E-state index contributed by atoms with van der Waals surface area (Å²) in [6.07, 6.45) is 6.95. The predicted octanol–water partition coefficient (Wildman–Crippen LogP) is 5.28. The molecule has 0 aliphatic rings. The summed E-state index contributed by atoms with van der Waals surface area (Å²) in [5, 5.41) is 0. The third kappa shape index (κ3) is 8.59. The van der Waals surface area contributed by atoms with E-state index in [-0.39, 0.29) is 0 Å². The minimum absolute atomic E-state index is 0.507. The molecule has 0 amide bonds. The van der Waals surface area contributed by atoms with Crippen LogP contribution in [0.5, 0.6) is 0 Å². The highest BCUT2D eigenvalue weighted by molar-refractivity contribution is 4.67. The molecule has 0 fully saturated rings. The molecule has 2 atom stereocenters. The molecule has 0 aromatic carbocycles. The van der Waals surface area contributed by atoms with Crippen LogP contribution in [-0.4, -0.2) is 0 Å². The SMILES string of the molecule is CCCC(C)CCC(C)CC(C)(C)C. The standard InChI is InChI=1S/C14H30/c1-7-8-12(2)9-10-13(3)11-14(4,5)6/h12-13H,7-11H2,1-6H3. The minimum Gasteiger partial charge on any atom is -0.0654 e. The van der Waals surface area contributed by atoms with E-state index in [0.29, 0.717) is 5.41 Å². The van der Waals surface area contributed by atoms with E-state index in [1.807, 2.05) is 0 Å². The van der Waals surface area contributed by atoms with Gasteiger partial charge in [0.05, 0.1) is 0 Å². The molecule has 0 radical (unpaired) electrons. The Labute approximate surface area is 91.5 Å². The average molecular weight is 198 g/mol. The second kappa shape index (κ2) is 6.48. The van der Waals surface area contributed by atoms with E-state index in [1.54, 1.807) is 0 Å². The quantitative estimate of drug-likeness (QED) is 0.545. The Hall–Kier alpha value is 0. The summed E-state index contributed by atoms with van der Waals surface area (Å²) in [6.45, 7) is 14.1. The van der Waals surface area contributed by atoms with Crippen LogP contribution in [-0.2, 0) is 0 Å². The zero-order valence-electron chi connectivity index (χ0n) is 11.2. The molecule has 0 saturated carbocycles. The zero-order chi connectivity index (χ0) is 11.2. The fraction of sp³-hybridized carbons (Fsp3) is 1.00. The van der Waals surface area contributed by atoms with Gasteiger partial charge in [0, 0.05) is 0 Å². The van der Waals surface area contributed by atoms with Gasteiger partial charge in [0.25, 0.3) is 0 Å². The summed E-state index contributed by atoms with van der Waals surface area (Å²) >= 11 is 0. The van der Waals surface area contributed by atoms with Crippen molar-refractivity contribution in [1.29, 1.82) is 0 Å². The molecule has 0 rings (SSSR count). The number of hydrogen-bond donors (Lipinski definition) is 0. The van der Waals surface area contributed by atoms with Gasteiger partial charge in [-0.3, -0.25) is 0 Å². The summed E-state index contributed by atoms with van der Waals surface area (Å²) in [4.78, 5) is 0. The van der Waals surface area contributed by atoms with Gasteiger partial charge in [-0.2, -0.15) is 0 Å². The Bertz CT molecular complexity index is 129. The normalized spacial score (nSPS) is 16.7. The highest BCUT2D eigenvalue weighted by Crippen LogP contribution is 2.28. The first-order valence-corrected chi connectivity index (χ1v) is 6.35. The van der Waals surface area contributed by atoms with E-state index in [2.05, 4.69) is 41.5 Å². The number of rotatable bonds is 6. The van der Waals surface area contributed by atoms with Crippen molar-refractivity contribution >= 4 is 0 Å². The monoisotopic (exact) mass is 198 g/mol. The van der Waals surface area contributed by atoms with E-state index in [9.17, 15) is 0 Å². The van der Waals surface area contributed by atoms with E-state index in [1.165, 1.54) is 32.1 Å². The van der Waals surface area contributed by atoms with Gasteiger partial charge in [0.2, 0.25) is 0 Å². The maximum absolute atomic E-state index is 2.41.